The fraction of sp³-hybridized carbons (Fsp3) is 0.714. The average Bonchev–Trinajstić information content (AvgIpc) is 2.87. The summed E-state index contributed by atoms with van der Waals surface area (Å²) >= 11 is 0. The van der Waals surface area contributed by atoms with E-state index in [4.69, 9.17) is 0 Å². The maximum Gasteiger partial charge on any atom is 0.158 e. The van der Waals surface area contributed by atoms with Crippen LogP contribution in [0.5, 0.6) is 0 Å². The van der Waals surface area contributed by atoms with Crippen molar-refractivity contribution in [1.29, 1.82) is 0 Å². The maximum atomic E-state index is 12.7. The smallest absolute Gasteiger partial charge is 0.158 e. The molecule has 0 aromatic carbocycles. The molecule has 0 saturated heterocycles. The van der Waals surface area contributed by atoms with Crippen LogP contribution in [0.2, 0.25) is 0 Å². The van der Waals surface area contributed by atoms with Crippen molar-refractivity contribution in [1.82, 2.24) is 14.7 Å². The molecule has 0 spiro atoms. The number of Topliss-reactive ketones (excluding diaryl/α,β-unsaturated/α-hetero) is 1. The molecule has 1 aromatic rings. The van der Waals surface area contributed by atoms with E-state index in [0.717, 1.165) is 37.1 Å². The van der Waals surface area contributed by atoms with Crippen LogP contribution in [0, 0.1) is 6.92 Å². The molecular weight excluding hydrogens is 226 g/mol. The number of aryl methyl sites for hydroxylation is 2. The van der Waals surface area contributed by atoms with Crippen LogP contribution in [0.3, 0.4) is 0 Å². The van der Waals surface area contributed by atoms with Crippen molar-refractivity contribution >= 4 is 5.78 Å². The second-order valence-corrected chi connectivity index (χ2v) is 5.63. The summed E-state index contributed by atoms with van der Waals surface area (Å²) in [7, 11) is 5.96. The molecule has 0 amide bonds. The summed E-state index contributed by atoms with van der Waals surface area (Å²) in [5.74, 6) is 0.341. The minimum Gasteiger partial charge on any atom is -0.297 e. The molecular formula is C14H23N3O. The first-order chi connectivity index (χ1) is 8.45. The van der Waals surface area contributed by atoms with Gasteiger partial charge in [0.25, 0.3) is 0 Å². The molecule has 2 rings (SSSR count). The Labute approximate surface area is 109 Å². The van der Waals surface area contributed by atoms with Gasteiger partial charge in [-0.3, -0.25) is 14.4 Å². The molecule has 100 valence electrons. The predicted octanol–water partition coefficient (Wildman–Crippen LogP) is 1.71. The Morgan fingerprint density at radius 2 is 2.06 bits per heavy atom. The van der Waals surface area contributed by atoms with Crippen molar-refractivity contribution in [3.63, 3.8) is 0 Å². The molecule has 0 unspecified atom stereocenters. The summed E-state index contributed by atoms with van der Waals surface area (Å²) in [6.07, 6.45) is 4.81. The molecule has 1 aromatic heterocycles. The van der Waals surface area contributed by atoms with Crippen molar-refractivity contribution in [3.05, 3.63) is 17.5 Å². The quantitative estimate of drug-likeness (QED) is 0.815. The van der Waals surface area contributed by atoms with E-state index in [-0.39, 0.29) is 5.54 Å². The Balaban J connectivity index is 2.18. The van der Waals surface area contributed by atoms with Crippen LogP contribution in [0.4, 0.5) is 0 Å². The van der Waals surface area contributed by atoms with E-state index in [9.17, 15) is 4.79 Å². The number of carbonyl (C=O) groups is 1. The fourth-order valence-corrected chi connectivity index (χ4v) is 3.09. The fourth-order valence-electron chi connectivity index (χ4n) is 3.09. The highest BCUT2D eigenvalue weighted by Crippen LogP contribution is 2.35. The van der Waals surface area contributed by atoms with Crippen LogP contribution in [0.1, 0.15) is 37.1 Å². The van der Waals surface area contributed by atoms with Gasteiger partial charge in [0.2, 0.25) is 0 Å². The summed E-state index contributed by atoms with van der Waals surface area (Å²) < 4.78 is 1.82. The Kier molecular flexibility index (Phi) is 3.57. The van der Waals surface area contributed by atoms with Crippen LogP contribution >= 0.6 is 0 Å². The number of ketones is 1. The minimum absolute atomic E-state index is 0.238. The second-order valence-electron chi connectivity index (χ2n) is 5.63. The lowest BCUT2D eigenvalue weighted by Gasteiger charge is -2.34. The van der Waals surface area contributed by atoms with Gasteiger partial charge >= 0.3 is 0 Å². The van der Waals surface area contributed by atoms with Crippen molar-refractivity contribution in [2.24, 2.45) is 7.05 Å². The van der Waals surface area contributed by atoms with Crippen molar-refractivity contribution in [3.8, 4) is 0 Å². The van der Waals surface area contributed by atoms with Crippen molar-refractivity contribution < 1.29 is 4.79 Å². The van der Waals surface area contributed by atoms with Crippen LogP contribution in [-0.4, -0.2) is 40.1 Å². The SMILES string of the molecule is Cc1cc(CC(=O)C2(N(C)C)CCCC2)n(C)n1. The van der Waals surface area contributed by atoms with Crippen LogP contribution in [0.15, 0.2) is 6.07 Å². The van der Waals surface area contributed by atoms with E-state index >= 15 is 0 Å². The van der Waals surface area contributed by atoms with E-state index in [1.807, 2.05) is 38.8 Å². The molecule has 1 aliphatic rings. The highest BCUT2D eigenvalue weighted by atomic mass is 16.1. The Hall–Kier alpha value is -1.16. The van der Waals surface area contributed by atoms with E-state index in [2.05, 4.69) is 10.00 Å². The molecule has 0 bridgehead atoms. The zero-order valence-corrected chi connectivity index (χ0v) is 11.9. The Morgan fingerprint density at radius 1 is 1.44 bits per heavy atom. The third-order valence-corrected chi connectivity index (χ3v) is 4.25. The topological polar surface area (TPSA) is 38.1 Å². The van der Waals surface area contributed by atoms with E-state index in [1.165, 1.54) is 0 Å². The molecule has 0 aliphatic heterocycles. The molecule has 0 atom stereocenters. The second kappa shape index (κ2) is 4.84. The first-order valence-electron chi connectivity index (χ1n) is 6.66. The standard InChI is InChI=1S/C14H23N3O/c1-11-9-12(17(4)15-11)10-13(18)14(16(2)3)7-5-6-8-14/h9H,5-8,10H2,1-4H3. The molecule has 0 N–H and O–H groups in total. The van der Waals surface area contributed by atoms with Gasteiger partial charge in [0.05, 0.1) is 17.7 Å². The number of hydrogen-bond acceptors (Lipinski definition) is 3. The third-order valence-electron chi connectivity index (χ3n) is 4.25. The Bertz CT molecular complexity index is 442. The van der Waals surface area contributed by atoms with Gasteiger partial charge < -0.3 is 0 Å². The number of nitrogens with zero attached hydrogens (tertiary/aromatic N) is 3. The van der Waals surface area contributed by atoms with Crippen LogP contribution < -0.4 is 0 Å². The van der Waals surface area contributed by atoms with Crippen molar-refractivity contribution in [2.45, 2.75) is 44.6 Å². The van der Waals surface area contributed by atoms with Gasteiger partial charge in [0, 0.05) is 12.7 Å². The monoisotopic (exact) mass is 249 g/mol. The average molecular weight is 249 g/mol. The maximum absolute atomic E-state index is 12.7. The lowest BCUT2D eigenvalue weighted by Crippen LogP contribution is -2.49. The Morgan fingerprint density at radius 3 is 2.50 bits per heavy atom. The molecule has 1 aliphatic carbocycles. The number of rotatable bonds is 4. The normalized spacial score (nSPS) is 18.5. The van der Waals surface area contributed by atoms with Crippen LogP contribution in [0.25, 0.3) is 0 Å². The van der Waals surface area contributed by atoms with Crippen LogP contribution in [-0.2, 0) is 18.3 Å². The van der Waals surface area contributed by atoms with Crippen molar-refractivity contribution in [2.75, 3.05) is 14.1 Å². The lowest BCUT2D eigenvalue weighted by molar-refractivity contribution is -0.129. The number of aromatic nitrogens is 2. The molecule has 18 heavy (non-hydrogen) atoms. The zero-order chi connectivity index (χ0) is 13.3. The number of likely N-dealkylation sites (N-methyl/N-ethyl adjacent to an activating group) is 1. The first kappa shape index (κ1) is 13.3. The first-order valence-corrected chi connectivity index (χ1v) is 6.66. The predicted molar refractivity (Wildman–Crippen MR) is 71.5 cm³/mol. The molecule has 1 heterocycles. The van der Waals surface area contributed by atoms with E-state index in [1.54, 1.807) is 0 Å². The van der Waals surface area contributed by atoms with E-state index < -0.39 is 0 Å². The van der Waals surface area contributed by atoms with Gasteiger partial charge in [-0.05, 0) is 39.9 Å². The summed E-state index contributed by atoms with van der Waals surface area (Å²) in [6.45, 7) is 1.96. The van der Waals surface area contributed by atoms with Gasteiger partial charge in [0.15, 0.2) is 5.78 Å². The summed E-state index contributed by atoms with van der Waals surface area (Å²) in [4.78, 5) is 14.8. The zero-order valence-electron chi connectivity index (χ0n) is 11.9. The minimum atomic E-state index is -0.238. The third kappa shape index (κ3) is 2.21. The van der Waals surface area contributed by atoms with Gasteiger partial charge in [-0.15, -0.1) is 0 Å². The van der Waals surface area contributed by atoms with Gasteiger partial charge in [-0.1, -0.05) is 12.8 Å². The summed E-state index contributed by atoms with van der Waals surface area (Å²) in [5.41, 5.74) is 1.76. The molecule has 1 saturated carbocycles. The van der Waals surface area contributed by atoms with Gasteiger partial charge in [-0.2, -0.15) is 5.10 Å². The summed E-state index contributed by atoms with van der Waals surface area (Å²) in [6, 6.07) is 2.01. The van der Waals surface area contributed by atoms with E-state index in [0.29, 0.717) is 12.2 Å². The lowest BCUT2D eigenvalue weighted by atomic mass is 9.88. The summed E-state index contributed by atoms with van der Waals surface area (Å²) in [5, 5.41) is 4.31. The molecule has 1 fully saturated rings. The molecule has 4 nitrogen and oxygen atoms in total. The molecule has 0 radical (unpaired) electrons. The number of carbonyl (C=O) groups excluding carboxylic acids is 1. The highest BCUT2D eigenvalue weighted by molar-refractivity contribution is 5.90. The van der Waals surface area contributed by atoms with Gasteiger partial charge in [0.1, 0.15) is 0 Å². The highest BCUT2D eigenvalue weighted by Gasteiger charge is 2.42. The van der Waals surface area contributed by atoms with Gasteiger partial charge in [-0.25, -0.2) is 0 Å². The number of hydrogen-bond donors (Lipinski definition) is 0. The largest absolute Gasteiger partial charge is 0.297 e. The molecule has 4 heteroatoms.